The smallest absolute Gasteiger partial charge is 0.169 e. The number of nitrogens with two attached hydrogens (primary N) is 1. The molecule has 2 N–H and O–H groups in total. The molecule has 0 fully saturated rings. The van der Waals surface area contributed by atoms with E-state index in [2.05, 4.69) is 47.0 Å². The minimum Gasteiger partial charge on any atom is -0.452 e. The van der Waals surface area contributed by atoms with Crippen LogP contribution in [-0.2, 0) is 12.0 Å². The lowest BCUT2D eigenvalue weighted by Crippen LogP contribution is -2.20. The van der Waals surface area contributed by atoms with Gasteiger partial charge in [-0.3, -0.25) is 0 Å². The molecule has 0 radical (unpaired) electrons. The van der Waals surface area contributed by atoms with E-state index < -0.39 is 0 Å². The van der Waals surface area contributed by atoms with Crippen molar-refractivity contribution in [3.63, 3.8) is 0 Å². The van der Waals surface area contributed by atoms with Crippen LogP contribution in [0.5, 0.6) is 0 Å². The Labute approximate surface area is 108 Å². The second kappa shape index (κ2) is 4.18. The van der Waals surface area contributed by atoms with Crippen molar-refractivity contribution in [2.75, 3.05) is 5.73 Å². The molecule has 2 heterocycles. The van der Waals surface area contributed by atoms with Crippen LogP contribution in [-0.4, -0.2) is 15.0 Å². The van der Waals surface area contributed by atoms with E-state index in [0.717, 1.165) is 11.5 Å². The summed E-state index contributed by atoms with van der Waals surface area (Å²) in [6, 6.07) is 3.75. The molecule has 17 heavy (non-hydrogen) atoms. The van der Waals surface area contributed by atoms with Crippen LogP contribution in [0.4, 0.5) is 5.82 Å². The zero-order chi connectivity index (χ0) is 12.6. The van der Waals surface area contributed by atoms with Gasteiger partial charge in [-0.2, -0.15) is 0 Å². The fourth-order valence-corrected chi connectivity index (χ4v) is 2.13. The summed E-state index contributed by atoms with van der Waals surface area (Å²) in [5, 5.41) is 7.98. The Morgan fingerprint density at radius 2 is 2.12 bits per heavy atom. The monoisotopic (exact) mass is 298 g/mol. The summed E-state index contributed by atoms with van der Waals surface area (Å²) in [6.45, 7) is 6.77. The van der Waals surface area contributed by atoms with Crippen LogP contribution >= 0.6 is 15.9 Å². The van der Waals surface area contributed by atoms with Crippen LogP contribution in [0.3, 0.4) is 0 Å². The first-order valence-corrected chi connectivity index (χ1v) is 6.11. The normalized spacial score (nSPS) is 12.0. The Bertz CT molecular complexity index is 524. The Balaban J connectivity index is 2.34. The van der Waals surface area contributed by atoms with Crippen molar-refractivity contribution >= 4 is 21.7 Å². The maximum Gasteiger partial charge on any atom is 0.169 e. The van der Waals surface area contributed by atoms with Gasteiger partial charge in [-0.15, -0.1) is 5.10 Å². The largest absolute Gasteiger partial charge is 0.452 e. The molecule has 0 saturated heterocycles. The van der Waals surface area contributed by atoms with Gasteiger partial charge in [0.2, 0.25) is 0 Å². The van der Waals surface area contributed by atoms with Crippen LogP contribution in [0.1, 0.15) is 32.2 Å². The van der Waals surface area contributed by atoms with E-state index in [4.69, 9.17) is 10.2 Å². The van der Waals surface area contributed by atoms with E-state index in [9.17, 15) is 0 Å². The summed E-state index contributed by atoms with van der Waals surface area (Å²) in [5.74, 6) is 1.29. The van der Waals surface area contributed by atoms with Crippen molar-refractivity contribution in [2.45, 2.75) is 32.7 Å². The number of nitrogens with zero attached hydrogens (tertiary/aromatic N) is 3. The van der Waals surface area contributed by atoms with Crippen LogP contribution < -0.4 is 5.73 Å². The number of anilines is 1. The third-order valence-electron chi connectivity index (χ3n) is 2.41. The second-order valence-corrected chi connectivity index (χ2v) is 5.72. The predicted octanol–water partition coefficient (Wildman–Crippen LogP) is 2.56. The molecule has 5 nitrogen and oxygen atoms in total. The first kappa shape index (κ1) is 12.2. The molecule has 0 amide bonds. The third-order valence-corrected chi connectivity index (χ3v) is 2.83. The molecule has 0 aliphatic heterocycles. The summed E-state index contributed by atoms with van der Waals surface area (Å²) >= 11 is 3.27. The maximum absolute atomic E-state index is 5.85. The molecule has 0 bridgehead atoms. The first-order valence-electron chi connectivity index (χ1n) is 5.31. The van der Waals surface area contributed by atoms with E-state index >= 15 is 0 Å². The van der Waals surface area contributed by atoms with Crippen LogP contribution in [0.2, 0.25) is 0 Å². The minimum absolute atomic E-state index is 0.0998. The van der Waals surface area contributed by atoms with E-state index in [1.807, 2.05) is 12.1 Å². The van der Waals surface area contributed by atoms with Crippen molar-refractivity contribution < 1.29 is 4.42 Å². The Morgan fingerprint density at radius 1 is 1.41 bits per heavy atom. The molecule has 0 atom stereocenters. The zero-order valence-corrected chi connectivity index (χ0v) is 11.7. The lowest BCUT2D eigenvalue weighted by Gasteiger charge is -2.19. The molecule has 6 heteroatoms. The van der Waals surface area contributed by atoms with Gasteiger partial charge in [-0.25, -0.2) is 4.68 Å². The summed E-state index contributed by atoms with van der Waals surface area (Å²) in [5.41, 5.74) is 6.67. The van der Waals surface area contributed by atoms with Crippen molar-refractivity contribution in [1.29, 1.82) is 0 Å². The maximum atomic E-state index is 5.85. The van der Waals surface area contributed by atoms with Gasteiger partial charge in [-0.1, -0.05) is 26.0 Å². The van der Waals surface area contributed by atoms with Gasteiger partial charge in [0.05, 0.1) is 5.69 Å². The van der Waals surface area contributed by atoms with Gasteiger partial charge >= 0.3 is 0 Å². The Morgan fingerprint density at radius 3 is 2.65 bits per heavy atom. The average Bonchev–Trinajstić information content (AvgIpc) is 2.73. The molecule has 2 aromatic rings. The van der Waals surface area contributed by atoms with Gasteiger partial charge in [-0.05, 0) is 28.1 Å². The van der Waals surface area contributed by atoms with E-state index in [0.29, 0.717) is 17.0 Å². The molecular weight excluding hydrogens is 284 g/mol. The Hall–Kier alpha value is -1.30. The molecule has 2 rings (SSSR count). The van der Waals surface area contributed by atoms with Gasteiger partial charge in [0.15, 0.2) is 10.5 Å². The van der Waals surface area contributed by atoms with Gasteiger partial charge in [0, 0.05) is 5.41 Å². The quantitative estimate of drug-likeness (QED) is 0.925. The number of aromatic nitrogens is 3. The standard InChI is InChI=1S/C11H15BrN4O/c1-11(2,3)9-10(13)14-15-16(9)6-7-4-5-8(12)17-7/h4-5H,6,13H2,1-3H3. The highest BCUT2D eigenvalue weighted by molar-refractivity contribution is 9.10. The molecule has 0 aliphatic rings. The summed E-state index contributed by atoms with van der Waals surface area (Å²) in [7, 11) is 0. The number of furan rings is 1. The summed E-state index contributed by atoms with van der Waals surface area (Å²) < 4.78 is 7.94. The van der Waals surface area contributed by atoms with Gasteiger partial charge < -0.3 is 10.2 Å². The molecule has 2 aromatic heterocycles. The van der Waals surface area contributed by atoms with Gasteiger partial charge in [0.1, 0.15) is 12.3 Å². The summed E-state index contributed by atoms with van der Waals surface area (Å²) in [4.78, 5) is 0. The highest BCUT2D eigenvalue weighted by Gasteiger charge is 2.24. The highest BCUT2D eigenvalue weighted by Crippen LogP contribution is 2.26. The molecule has 0 aromatic carbocycles. The molecule has 92 valence electrons. The fourth-order valence-electron chi connectivity index (χ4n) is 1.79. The number of nitrogen functional groups attached to an aromatic ring is 1. The van der Waals surface area contributed by atoms with Crippen LogP contribution in [0, 0.1) is 0 Å². The molecule has 0 spiro atoms. The van der Waals surface area contributed by atoms with E-state index in [1.165, 1.54) is 0 Å². The van der Waals surface area contributed by atoms with E-state index in [1.54, 1.807) is 4.68 Å². The molecule has 0 saturated carbocycles. The fraction of sp³-hybridized carbons (Fsp3) is 0.455. The number of rotatable bonds is 2. The first-order chi connectivity index (χ1) is 7.88. The van der Waals surface area contributed by atoms with Crippen molar-refractivity contribution in [3.8, 4) is 0 Å². The minimum atomic E-state index is -0.0998. The number of hydrogen-bond acceptors (Lipinski definition) is 4. The molecule has 0 aliphatic carbocycles. The summed E-state index contributed by atoms with van der Waals surface area (Å²) in [6.07, 6.45) is 0. The van der Waals surface area contributed by atoms with E-state index in [-0.39, 0.29) is 5.41 Å². The Kier molecular flexibility index (Phi) is 2.99. The predicted molar refractivity (Wildman–Crippen MR) is 68.6 cm³/mol. The van der Waals surface area contributed by atoms with Crippen molar-refractivity contribution in [1.82, 2.24) is 15.0 Å². The van der Waals surface area contributed by atoms with Crippen molar-refractivity contribution in [2.24, 2.45) is 0 Å². The molecular formula is C11H15BrN4O. The highest BCUT2D eigenvalue weighted by atomic mass is 79.9. The average molecular weight is 299 g/mol. The van der Waals surface area contributed by atoms with Gasteiger partial charge in [0.25, 0.3) is 0 Å². The third kappa shape index (κ3) is 2.52. The zero-order valence-electron chi connectivity index (χ0n) is 10.1. The lowest BCUT2D eigenvalue weighted by atomic mass is 9.92. The second-order valence-electron chi connectivity index (χ2n) is 4.94. The number of halogens is 1. The lowest BCUT2D eigenvalue weighted by molar-refractivity contribution is 0.435. The topological polar surface area (TPSA) is 69.9 Å². The van der Waals surface area contributed by atoms with Crippen LogP contribution in [0.15, 0.2) is 21.2 Å². The SMILES string of the molecule is CC(C)(C)c1c(N)nnn1Cc1ccc(Br)o1. The molecule has 0 unspecified atom stereocenters. The van der Waals surface area contributed by atoms with Crippen LogP contribution in [0.25, 0.3) is 0 Å². The van der Waals surface area contributed by atoms with Crippen molar-refractivity contribution in [3.05, 3.63) is 28.3 Å². The number of hydrogen-bond donors (Lipinski definition) is 1.